The van der Waals surface area contributed by atoms with Gasteiger partial charge in [0.1, 0.15) is 6.61 Å². The van der Waals surface area contributed by atoms with E-state index in [9.17, 15) is 18.1 Å². The zero-order chi connectivity index (χ0) is 22.7. The zero-order valence-corrected chi connectivity index (χ0v) is 19.3. The molecule has 0 heterocycles. The molecule has 30 heavy (non-hydrogen) atoms. The Hall–Kier alpha value is -0.560. The minimum Gasteiger partial charge on any atom is -0.454 e. The average Bonchev–Trinajstić information content (AvgIpc) is 2.67. The van der Waals surface area contributed by atoms with Crippen molar-refractivity contribution >= 4 is 13.8 Å². The summed E-state index contributed by atoms with van der Waals surface area (Å²) in [6.45, 7) is 1.20. The summed E-state index contributed by atoms with van der Waals surface area (Å²) in [6.07, 6.45) is 12.8. The van der Waals surface area contributed by atoms with Gasteiger partial charge in [-0.2, -0.15) is 0 Å². The minimum atomic E-state index is -4.88. The molecule has 0 fully saturated rings. The topological polar surface area (TPSA) is 93.1 Å². The summed E-state index contributed by atoms with van der Waals surface area (Å²) in [7, 11) is -4.88. The molecule has 0 aromatic heterocycles. The first-order valence-electron chi connectivity index (χ1n) is 11.4. The van der Waals surface area contributed by atoms with Crippen LogP contribution in [0.3, 0.4) is 0 Å². The number of unbranched alkanes of at least 4 members (excludes halogenated alkanes) is 14. The Kier molecular flexibility index (Phi) is 18.8. The van der Waals surface area contributed by atoms with Crippen molar-refractivity contribution in [1.82, 2.24) is 0 Å². The molecule has 0 saturated carbocycles. The second-order valence-corrected chi connectivity index (χ2v) is 9.09. The van der Waals surface area contributed by atoms with Crippen LogP contribution in [-0.4, -0.2) is 34.9 Å². The molecule has 180 valence electrons. The fraction of sp³-hybridized carbons (Fsp3) is 0.952. The molecule has 2 N–H and O–H groups in total. The Morgan fingerprint density at radius 1 is 0.800 bits per heavy atom. The zero-order valence-electron chi connectivity index (χ0n) is 18.4. The molecule has 0 bridgehead atoms. The third kappa shape index (κ3) is 20.7. The first kappa shape index (κ1) is 29.4. The number of esters is 1. The molecule has 0 aliphatic carbocycles. The highest BCUT2D eigenvalue weighted by Gasteiger charge is 2.28. The molecular formula is C21H41F2O6P. The van der Waals surface area contributed by atoms with Crippen molar-refractivity contribution < 1.29 is 37.2 Å². The summed E-state index contributed by atoms with van der Waals surface area (Å²) in [5.41, 5.74) is 0. The van der Waals surface area contributed by atoms with Gasteiger partial charge in [0.25, 0.3) is 6.43 Å². The van der Waals surface area contributed by atoms with Gasteiger partial charge in [-0.25, -0.2) is 13.3 Å². The lowest BCUT2D eigenvalue weighted by Gasteiger charge is -2.17. The third-order valence-corrected chi connectivity index (χ3v) is 5.44. The van der Waals surface area contributed by atoms with Crippen molar-refractivity contribution in [3.8, 4) is 0 Å². The molecule has 0 rings (SSSR count). The molecule has 6 nitrogen and oxygen atoms in total. The number of rotatable bonds is 21. The summed E-state index contributed by atoms with van der Waals surface area (Å²) in [5, 5.41) is 0. The summed E-state index contributed by atoms with van der Waals surface area (Å²) in [6, 6.07) is 0. The van der Waals surface area contributed by atoms with Crippen LogP contribution < -0.4 is 0 Å². The molecule has 0 spiro atoms. The Morgan fingerprint density at radius 3 is 1.57 bits per heavy atom. The van der Waals surface area contributed by atoms with E-state index in [1.165, 1.54) is 70.6 Å². The van der Waals surface area contributed by atoms with E-state index in [1.807, 2.05) is 0 Å². The lowest BCUT2D eigenvalue weighted by Crippen LogP contribution is -2.30. The van der Waals surface area contributed by atoms with E-state index >= 15 is 0 Å². The molecule has 0 aliphatic rings. The molecule has 0 saturated heterocycles. The van der Waals surface area contributed by atoms with Crippen LogP contribution in [0.5, 0.6) is 0 Å². The summed E-state index contributed by atoms with van der Waals surface area (Å²) < 4.78 is 44.6. The van der Waals surface area contributed by atoms with Gasteiger partial charge in [0.05, 0.1) is 0 Å². The number of ether oxygens (including phenoxy) is 1. The van der Waals surface area contributed by atoms with Gasteiger partial charge < -0.3 is 14.5 Å². The normalized spacial score (nSPS) is 13.0. The van der Waals surface area contributed by atoms with Gasteiger partial charge >= 0.3 is 13.8 Å². The molecule has 0 aliphatic heterocycles. The summed E-state index contributed by atoms with van der Waals surface area (Å²) >= 11 is 0. The fourth-order valence-corrected chi connectivity index (χ4v) is 3.54. The Morgan fingerprint density at radius 2 is 1.20 bits per heavy atom. The molecule has 0 aromatic carbocycles. The van der Waals surface area contributed by atoms with Crippen LogP contribution in [0.1, 0.15) is 110 Å². The minimum absolute atomic E-state index is 0.0113. The highest BCUT2D eigenvalue weighted by molar-refractivity contribution is 7.46. The highest BCUT2D eigenvalue weighted by Crippen LogP contribution is 2.36. The molecule has 1 atom stereocenters. The van der Waals surface area contributed by atoms with Crippen LogP contribution in [0.15, 0.2) is 0 Å². The number of carbonyl (C=O) groups is 1. The summed E-state index contributed by atoms with van der Waals surface area (Å²) in [5.74, 6) is -0.802. The largest absolute Gasteiger partial charge is 0.469 e. The van der Waals surface area contributed by atoms with Gasteiger partial charge in [0.2, 0.25) is 0 Å². The monoisotopic (exact) mass is 458 g/mol. The van der Waals surface area contributed by atoms with Crippen LogP contribution >= 0.6 is 7.82 Å². The quantitative estimate of drug-likeness (QED) is 0.115. The molecule has 0 amide bonds. The van der Waals surface area contributed by atoms with Crippen molar-refractivity contribution in [2.75, 3.05) is 6.61 Å². The van der Waals surface area contributed by atoms with Gasteiger partial charge in [0, 0.05) is 6.42 Å². The second kappa shape index (κ2) is 19.1. The first-order chi connectivity index (χ1) is 14.3. The highest BCUT2D eigenvalue weighted by atomic mass is 31.2. The predicted molar refractivity (Wildman–Crippen MR) is 113 cm³/mol. The van der Waals surface area contributed by atoms with Gasteiger partial charge in [-0.1, -0.05) is 96.8 Å². The van der Waals surface area contributed by atoms with Crippen molar-refractivity contribution in [3.05, 3.63) is 0 Å². The smallest absolute Gasteiger partial charge is 0.454 e. The van der Waals surface area contributed by atoms with Crippen LogP contribution in [0.4, 0.5) is 8.78 Å². The van der Waals surface area contributed by atoms with E-state index in [0.29, 0.717) is 6.42 Å². The lowest BCUT2D eigenvalue weighted by atomic mass is 10.0. The first-order valence-corrected chi connectivity index (χ1v) is 13.0. The molecule has 0 unspecified atom stereocenters. The van der Waals surface area contributed by atoms with Crippen LogP contribution in [-0.2, 0) is 18.6 Å². The van der Waals surface area contributed by atoms with Crippen LogP contribution in [0, 0.1) is 0 Å². The average molecular weight is 459 g/mol. The van der Waals surface area contributed by atoms with Crippen molar-refractivity contribution in [1.29, 1.82) is 0 Å². The molecular weight excluding hydrogens is 417 g/mol. The van der Waals surface area contributed by atoms with Gasteiger partial charge in [0.15, 0.2) is 6.10 Å². The maximum absolute atomic E-state index is 12.7. The van der Waals surface area contributed by atoms with Crippen molar-refractivity contribution in [3.63, 3.8) is 0 Å². The van der Waals surface area contributed by atoms with Gasteiger partial charge in [-0.05, 0) is 6.42 Å². The molecule has 0 aromatic rings. The number of phosphoric ester groups is 1. The number of alkyl halides is 2. The Balaban J connectivity index is 3.52. The van der Waals surface area contributed by atoms with E-state index in [4.69, 9.17) is 9.79 Å². The SMILES string of the molecule is CCCCCCCCCCCCCCCCCC(=O)O[C@H](COP(=O)(O)O)C(F)F. The summed E-state index contributed by atoms with van der Waals surface area (Å²) in [4.78, 5) is 28.7. The van der Waals surface area contributed by atoms with E-state index in [1.54, 1.807) is 0 Å². The lowest BCUT2D eigenvalue weighted by molar-refractivity contribution is -0.160. The van der Waals surface area contributed by atoms with E-state index in [0.717, 1.165) is 19.3 Å². The number of carbonyl (C=O) groups excluding carboxylic acids is 1. The van der Waals surface area contributed by atoms with Crippen LogP contribution in [0.2, 0.25) is 0 Å². The van der Waals surface area contributed by atoms with Gasteiger partial charge in [-0.3, -0.25) is 9.32 Å². The Bertz CT molecular complexity index is 459. The van der Waals surface area contributed by atoms with E-state index in [-0.39, 0.29) is 6.42 Å². The second-order valence-electron chi connectivity index (χ2n) is 7.85. The maximum atomic E-state index is 12.7. The maximum Gasteiger partial charge on any atom is 0.469 e. The van der Waals surface area contributed by atoms with E-state index in [2.05, 4.69) is 16.2 Å². The fourth-order valence-electron chi connectivity index (χ4n) is 3.20. The standard InChI is InChI=1S/C21H41F2O6P/c1-2-3-4-5-6-7-8-9-10-11-12-13-14-15-16-17-20(24)29-19(21(22)23)18-28-30(25,26)27/h19,21H,2-18H2,1H3,(H2,25,26,27)/t19-/m1/s1. The Labute approximate surface area is 180 Å². The molecule has 9 heteroatoms. The number of phosphoric acid groups is 1. The van der Waals surface area contributed by atoms with Crippen LogP contribution in [0.25, 0.3) is 0 Å². The van der Waals surface area contributed by atoms with Crippen molar-refractivity contribution in [2.24, 2.45) is 0 Å². The van der Waals surface area contributed by atoms with Crippen molar-refractivity contribution in [2.45, 2.75) is 122 Å². The van der Waals surface area contributed by atoms with Gasteiger partial charge in [-0.15, -0.1) is 0 Å². The number of hydrogen-bond donors (Lipinski definition) is 2. The molecule has 0 radical (unpaired) electrons. The third-order valence-electron chi connectivity index (χ3n) is 4.96. The predicted octanol–water partition coefficient (Wildman–Crippen LogP) is 6.53. The number of hydrogen-bond acceptors (Lipinski definition) is 4. The van der Waals surface area contributed by atoms with E-state index < -0.39 is 32.9 Å². The number of halogens is 2.